The molecule has 20 heavy (non-hydrogen) atoms. The van der Waals surface area contributed by atoms with Crippen LogP contribution in [0.5, 0.6) is 0 Å². The van der Waals surface area contributed by atoms with Crippen molar-refractivity contribution in [2.24, 2.45) is 16.7 Å². The maximum atomic E-state index is 11.9. The quantitative estimate of drug-likeness (QED) is 0.598. The monoisotopic (exact) mass is 272 g/mol. The molecule has 0 aliphatic heterocycles. The van der Waals surface area contributed by atoms with Crippen molar-refractivity contribution >= 4 is 5.78 Å². The van der Waals surface area contributed by atoms with E-state index in [9.17, 15) is 4.79 Å². The van der Waals surface area contributed by atoms with E-state index >= 15 is 0 Å². The Morgan fingerprint density at radius 2 is 1.65 bits per heavy atom. The van der Waals surface area contributed by atoms with Gasteiger partial charge < -0.3 is 0 Å². The SMILES string of the molecule is CC(C)C1=C2CC[C@]3(C)CCC(=O)C=C3C[C@@]2(C)CC1. The molecular formula is C19H28O. The van der Waals surface area contributed by atoms with Gasteiger partial charge >= 0.3 is 0 Å². The van der Waals surface area contributed by atoms with Crippen molar-refractivity contribution in [3.8, 4) is 0 Å². The van der Waals surface area contributed by atoms with Gasteiger partial charge in [0.2, 0.25) is 0 Å². The van der Waals surface area contributed by atoms with E-state index in [1.165, 1.54) is 31.3 Å². The molecule has 3 aliphatic rings. The number of hydrogen-bond acceptors (Lipinski definition) is 1. The van der Waals surface area contributed by atoms with Crippen LogP contribution in [0.15, 0.2) is 22.8 Å². The molecule has 3 rings (SSSR count). The largest absolute Gasteiger partial charge is 0.295 e. The van der Waals surface area contributed by atoms with E-state index in [1.54, 1.807) is 11.1 Å². The second-order valence-corrected chi connectivity index (χ2v) is 8.09. The third-order valence-electron chi connectivity index (χ3n) is 6.30. The molecule has 110 valence electrons. The predicted molar refractivity (Wildman–Crippen MR) is 83.5 cm³/mol. The normalized spacial score (nSPS) is 37.6. The van der Waals surface area contributed by atoms with Gasteiger partial charge in [0.15, 0.2) is 5.78 Å². The zero-order valence-corrected chi connectivity index (χ0v) is 13.5. The Hall–Kier alpha value is -0.850. The Morgan fingerprint density at radius 3 is 2.35 bits per heavy atom. The molecule has 2 atom stereocenters. The third kappa shape index (κ3) is 2.10. The van der Waals surface area contributed by atoms with Crippen LogP contribution in [0.25, 0.3) is 0 Å². The summed E-state index contributed by atoms with van der Waals surface area (Å²) in [6, 6.07) is 0. The fourth-order valence-corrected chi connectivity index (χ4v) is 4.77. The summed E-state index contributed by atoms with van der Waals surface area (Å²) in [5.74, 6) is 1.05. The van der Waals surface area contributed by atoms with Crippen molar-refractivity contribution in [3.05, 3.63) is 22.8 Å². The first-order valence-corrected chi connectivity index (χ1v) is 8.30. The molecule has 0 aromatic rings. The van der Waals surface area contributed by atoms with Crippen molar-refractivity contribution in [2.75, 3.05) is 0 Å². The lowest BCUT2D eigenvalue weighted by Crippen LogP contribution is -2.26. The van der Waals surface area contributed by atoms with Crippen molar-refractivity contribution in [3.63, 3.8) is 0 Å². The molecule has 0 saturated heterocycles. The van der Waals surface area contributed by atoms with Crippen LogP contribution in [0.2, 0.25) is 0 Å². The summed E-state index contributed by atoms with van der Waals surface area (Å²) >= 11 is 0. The molecule has 0 amide bonds. The van der Waals surface area contributed by atoms with Gasteiger partial charge in [-0.05, 0) is 61.3 Å². The summed E-state index contributed by atoms with van der Waals surface area (Å²) in [6.45, 7) is 9.53. The molecule has 0 heterocycles. The summed E-state index contributed by atoms with van der Waals surface area (Å²) < 4.78 is 0. The number of fused-ring (bicyclic) bond motifs is 2. The lowest BCUT2D eigenvalue weighted by Gasteiger charge is -2.35. The highest BCUT2D eigenvalue weighted by Gasteiger charge is 2.45. The summed E-state index contributed by atoms with van der Waals surface area (Å²) in [4.78, 5) is 11.9. The first kappa shape index (κ1) is 14.1. The molecule has 0 aromatic heterocycles. The minimum atomic E-state index is 0.288. The van der Waals surface area contributed by atoms with Crippen LogP contribution in [0.3, 0.4) is 0 Å². The van der Waals surface area contributed by atoms with Gasteiger partial charge in [0, 0.05) is 6.42 Å². The first-order chi connectivity index (χ1) is 9.34. The Kier molecular flexibility index (Phi) is 3.23. The van der Waals surface area contributed by atoms with Crippen molar-refractivity contribution in [1.82, 2.24) is 0 Å². The predicted octanol–water partition coefficient (Wildman–Crippen LogP) is 5.22. The highest BCUT2D eigenvalue weighted by atomic mass is 16.1. The van der Waals surface area contributed by atoms with E-state index in [-0.39, 0.29) is 5.41 Å². The topological polar surface area (TPSA) is 17.1 Å². The number of hydrogen-bond donors (Lipinski definition) is 0. The van der Waals surface area contributed by atoms with Crippen LogP contribution in [-0.4, -0.2) is 5.78 Å². The molecule has 1 fully saturated rings. The number of allylic oxidation sites excluding steroid dienone is 4. The highest BCUT2D eigenvalue weighted by molar-refractivity contribution is 5.91. The molecule has 0 aromatic carbocycles. The summed E-state index contributed by atoms with van der Waals surface area (Å²) in [7, 11) is 0. The minimum Gasteiger partial charge on any atom is -0.295 e. The molecule has 1 saturated carbocycles. The van der Waals surface area contributed by atoms with Crippen LogP contribution in [-0.2, 0) is 4.79 Å². The van der Waals surface area contributed by atoms with Crippen LogP contribution in [0, 0.1) is 16.7 Å². The lowest BCUT2D eigenvalue weighted by atomic mass is 9.68. The fraction of sp³-hybridized carbons (Fsp3) is 0.737. The first-order valence-electron chi connectivity index (χ1n) is 8.30. The van der Waals surface area contributed by atoms with E-state index in [0.717, 1.165) is 19.3 Å². The van der Waals surface area contributed by atoms with Gasteiger partial charge in [0.05, 0.1) is 0 Å². The lowest BCUT2D eigenvalue weighted by molar-refractivity contribution is -0.115. The molecule has 0 N–H and O–H groups in total. The molecule has 0 spiro atoms. The third-order valence-corrected chi connectivity index (χ3v) is 6.30. The standard InChI is InChI=1S/C19H28O/c1-13(2)16-6-9-19(4)12-14-11-15(20)5-8-18(14,3)10-7-17(16)19/h11,13H,5-10,12H2,1-4H3/t18-,19+/m0/s1. The zero-order chi connectivity index (χ0) is 14.5. The van der Waals surface area contributed by atoms with Gasteiger partial charge in [-0.2, -0.15) is 0 Å². The molecule has 0 radical (unpaired) electrons. The van der Waals surface area contributed by atoms with E-state index in [2.05, 4.69) is 27.7 Å². The average Bonchev–Trinajstić information content (AvgIpc) is 2.64. The molecule has 3 aliphatic carbocycles. The van der Waals surface area contributed by atoms with Gasteiger partial charge in [-0.25, -0.2) is 0 Å². The smallest absolute Gasteiger partial charge is 0.155 e. The Bertz CT molecular complexity index is 508. The molecule has 0 unspecified atom stereocenters. The van der Waals surface area contributed by atoms with Crippen LogP contribution in [0.4, 0.5) is 0 Å². The number of rotatable bonds is 1. The van der Waals surface area contributed by atoms with Crippen LogP contribution >= 0.6 is 0 Å². The van der Waals surface area contributed by atoms with Gasteiger partial charge in [-0.15, -0.1) is 0 Å². The Balaban J connectivity index is 2.03. The van der Waals surface area contributed by atoms with E-state index in [0.29, 0.717) is 17.1 Å². The molecule has 1 heteroatoms. The second kappa shape index (κ2) is 4.58. The summed E-state index contributed by atoms with van der Waals surface area (Å²) in [5.41, 5.74) is 5.55. The maximum absolute atomic E-state index is 11.9. The van der Waals surface area contributed by atoms with Crippen molar-refractivity contribution in [2.45, 2.75) is 72.6 Å². The number of carbonyl (C=O) groups is 1. The van der Waals surface area contributed by atoms with Crippen LogP contribution < -0.4 is 0 Å². The van der Waals surface area contributed by atoms with E-state index in [1.807, 2.05) is 6.08 Å². The van der Waals surface area contributed by atoms with Crippen molar-refractivity contribution in [1.29, 1.82) is 0 Å². The minimum absolute atomic E-state index is 0.288. The second-order valence-electron chi connectivity index (χ2n) is 8.09. The van der Waals surface area contributed by atoms with Gasteiger partial charge in [-0.1, -0.05) is 44.4 Å². The molecule has 1 nitrogen and oxygen atoms in total. The fourth-order valence-electron chi connectivity index (χ4n) is 4.77. The highest BCUT2D eigenvalue weighted by Crippen LogP contribution is 2.58. The Labute approximate surface area is 123 Å². The zero-order valence-electron chi connectivity index (χ0n) is 13.5. The van der Waals surface area contributed by atoms with Gasteiger partial charge in [0.25, 0.3) is 0 Å². The van der Waals surface area contributed by atoms with Gasteiger partial charge in [-0.3, -0.25) is 4.79 Å². The maximum Gasteiger partial charge on any atom is 0.155 e. The molecule has 0 bridgehead atoms. The Morgan fingerprint density at radius 1 is 1.00 bits per heavy atom. The number of carbonyl (C=O) groups excluding carboxylic acids is 1. The number of ketones is 1. The van der Waals surface area contributed by atoms with Gasteiger partial charge in [0.1, 0.15) is 0 Å². The van der Waals surface area contributed by atoms with Crippen molar-refractivity contribution < 1.29 is 4.79 Å². The van der Waals surface area contributed by atoms with Crippen LogP contribution in [0.1, 0.15) is 72.6 Å². The average molecular weight is 272 g/mol. The summed E-state index contributed by atoms with van der Waals surface area (Å²) in [6.07, 6.45) is 10.0. The molecular weight excluding hydrogens is 244 g/mol. The van der Waals surface area contributed by atoms with E-state index < -0.39 is 0 Å². The summed E-state index contributed by atoms with van der Waals surface area (Å²) in [5, 5.41) is 0. The van der Waals surface area contributed by atoms with E-state index in [4.69, 9.17) is 0 Å².